The van der Waals surface area contributed by atoms with Crippen LogP contribution in [0.4, 0.5) is 0 Å². The topological polar surface area (TPSA) is 60.2 Å². The fourth-order valence-corrected chi connectivity index (χ4v) is 2.08. The molecular formula is C12H13N3O2. The van der Waals surface area contributed by atoms with Crippen molar-refractivity contribution >= 4 is 0 Å². The molecule has 0 fully saturated rings. The first-order valence-corrected chi connectivity index (χ1v) is 5.48. The third-order valence-corrected chi connectivity index (χ3v) is 3.09. The van der Waals surface area contributed by atoms with Crippen molar-refractivity contribution in [2.45, 2.75) is 19.3 Å². The highest BCUT2D eigenvalue weighted by Crippen LogP contribution is 2.26. The maximum absolute atomic E-state index is 10.3. The minimum Gasteiger partial charge on any atom is -0.382 e. The normalized spacial score (nSPS) is 15.9. The van der Waals surface area contributed by atoms with Crippen molar-refractivity contribution in [2.75, 3.05) is 0 Å². The number of fused-ring (bicyclic) bond motifs is 1. The van der Waals surface area contributed by atoms with Crippen molar-refractivity contribution < 1.29 is 9.84 Å². The Morgan fingerprint density at radius 2 is 2.18 bits per heavy atom. The van der Waals surface area contributed by atoms with Gasteiger partial charge in [0.2, 0.25) is 0 Å². The van der Waals surface area contributed by atoms with Crippen LogP contribution in [0, 0.1) is 0 Å². The third-order valence-electron chi connectivity index (χ3n) is 3.09. The number of aliphatic hydroxyl groups is 1. The Morgan fingerprint density at radius 1 is 1.35 bits per heavy atom. The van der Waals surface area contributed by atoms with E-state index in [1.165, 1.54) is 5.56 Å². The highest BCUT2D eigenvalue weighted by Gasteiger charge is 2.18. The van der Waals surface area contributed by atoms with E-state index in [-0.39, 0.29) is 0 Å². The van der Waals surface area contributed by atoms with Crippen LogP contribution in [0.3, 0.4) is 0 Å². The molecule has 3 rings (SSSR count). The molecule has 1 aromatic heterocycles. The molecule has 0 amide bonds. The Hall–Kier alpha value is -1.72. The lowest BCUT2D eigenvalue weighted by Crippen LogP contribution is -2.07. The fraction of sp³-hybridized carbons (Fsp3) is 0.333. The van der Waals surface area contributed by atoms with E-state index >= 15 is 0 Å². The predicted molar refractivity (Wildman–Crippen MR) is 60.0 cm³/mol. The third kappa shape index (κ3) is 1.73. The van der Waals surface area contributed by atoms with Gasteiger partial charge in [-0.2, -0.15) is 0 Å². The van der Waals surface area contributed by atoms with Gasteiger partial charge in [-0.05, 0) is 16.7 Å². The molecule has 1 aliphatic heterocycles. The van der Waals surface area contributed by atoms with Gasteiger partial charge in [-0.25, -0.2) is 4.68 Å². The molecule has 2 aromatic rings. The molecule has 0 bridgehead atoms. The molecule has 0 saturated carbocycles. The molecule has 1 N–H and O–H groups in total. The van der Waals surface area contributed by atoms with Crippen LogP contribution in [0.25, 0.3) is 0 Å². The number of hydrogen-bond acceptors (Lipinski definition) is 4. The summed E-state index contributed by atoms with van der Waals surface area (Å²) in [6, 6.07) is 5.91. The summed E-state index contributed by atoms with van der Waals surface area (Å²) in [7, 11) is 1.77. The van der Waals surface area contributed by atoms with Crippen molar-refractivity contribution in [3.05, 3.63) is 46.8 Å². The minimum atomic E-state index is -0.694. The Labute approximate surface area is 98.6 Å². The zero-order chi connectivity index (χ0) is 11.8. The van der Waals surface area contributed by atoms with Gasteiger partial charge in [0, 0.05) is 7.05 Å². The van der Waals surface area contributed by atoms with E-state index in [0.29, 0.717) is 18.9 Å². The zero-order valence-corrected chi connectivity index (χ0v) is 9.50. The Kier molecular flexibility index (Phi) is 2.42. The molecule has 1 aliphatic rings. The van der Waals surface area contributed by atoms with E-state index in [4.69, 9.17) is 4.74 Å². The highest BCUT2D eigenvalue weighted by atomic mass is 16.5. The van der Waals surface area contributed by atoms with Crippen molar-refractivity contribution in [3.63, 3.8) is 0 Å². The molecule has 0 aliphatic carbocycles. The molecular weight excluding hydrogens is 218 g/mol. The van der Waals surface area contributed by atoms with Crippen molar-refractivity contribution in [1.29, 1.82) is 0 Å². The fourth-order valence-electron chi connectivity index (χ4n) is 2.08. The second-order valence-electron chi connectivity index (χ2n) is 4.21. The molecule has 1 atom stereocenters. The van der Waals surface area contributed by atoms with E-state index in [0.717, 1.165) is 11.1 Å². The maximum atomic E-state index is 10.3. The lowest BCUT2D eigenvalue weighted by atomic mass is 10.0. The van der Waals surface area contributed by atoms with Gasteiger partial charge in [-0.1, -0.05) is 23.4 Å². The Bertz CT molecular complexity index is 550. The molecule has 0 radical (unpaired) electrons. The SMILES string of the molecule is Cn1nncc1C(O)c1ccc2c(c1)COC2. The summed E-state index contributed by atoms with van der Waals surface area (Å²) < 4.78 is 6.93. The van der Waals surface area contributed by atoms with Crippen LogP contribution in [0.5, 0.6) is 0 Å². The molecule has 0 spiro atoms. The first-order chi connectivity index (χ1) is 8.25. The number of nitrogens with zero attached hydrogens (tertiary/aromatic N) is 3. The second kappa shape index (κ2) is 3.94. The molecule has 0 saturated heterocycles. The van der Waals surface area contributed by atoms with Crippen LogP contribution in [0.15, 0.2) is 24.4 Å². The summed E-state index contributed by atoms with van der Waals surface area (Å²) in [5.74, 6) is 0. The zero-order valence-electron chi connectivity index (χ0n) is 9.50. The number of rotatable bonds is 2. The average Bonchev–Trinajstić information content (AvgIpc) is 2.95. The van der Waals surface area contributed by atoms with Crippen molar-refractivity contribution in [3.8, 4) is 0 Å². The molecule has 1 unspecified atom stereocenters. The van der Waals surface area contributed by atoms with Gasteiger partial charge in [0.15, 0.2) is 0 Å². The number of aryl methyl sites for hydroxylation is 1. The highest BCUT2D eigenvalue weighted by molar-refractivity contribution is 5.36. The lowest BCUT2D eigenvalue weighted by molar-refractivity contribution is 0.134. The number of ether oxygens (including phenoxy) is 1. The number of benzene rings is 1. The Balaban J connectivity index is 1.97. The second-order valence-corrected chi connectivity index (χ2v) is 4.21. The van der Waals surface area contributed by atoms with Gasteiger partial charge in [0.05, 0.1) is 25.1 Å². The largest absolute Gasteiger partial charge is 0.382 e. The summed E-state index contributed by atoms with van der Waals surface area (Å²) in [6.45, 7) is 1.29. The van der Waals surface area contributed by atoms with Crippen LogP contribution in [-0.4, -0.2) is 20.1 Å². The number of aromatic nitrogens is 3. The number of aliphatic hydroxyl groups excluding tert-OH is 1. The van der Waals surface area contributed by atoms with Crippen LogP contribution in [0.1, 0.15) is 28.5 Å². The van der Waals surface area contributed by atoms with Crippen LogP contribution < -0.4 is 0 Å². The first kappa shape index (κ1) is 10.4. The van der Waals surface area contributed by atoms with Gasteiger partial charge in [0.1, 0.15) is 6.10 Å². The van der Waals surface area contributed by atoms with Crippen molar-refractivity contribution in [2.24, 2.45) is 7.05 Å². The van der Waals surface area contributed by atoms with E-state index in [9.17, 15) is 5.11 Å². The van der Waals surface area contributed by atoms with Crippen LogP contribution in [0.2, 0.25) is 0 Å². The maximum Gasteiger partial charge on any atom is 0.122 e. The summed E-state index contributed by atoms with van der Waals surface area (Å²) in [6.07, 6.45) is 0.884. The van der Waals surface area contributed by atoms with E-state index in [2.05, 4.69) is 10.3 Å². The van der Waals surface area contributed by atoms with Gasteiger partial charge < -0.3 is 9.84 Å². The predicted octanol–water partition coefficient (Wildman–Crippen LogP) is 0.927. The summed E-state index contributed by atoms with van der Waals surface area (Å²) in [5, 5.41) is 17.8. The molecule has 5 nitrogen and oxygen atoms in total. The first-order valence-electron chi connectivity index (χ1n) is 5.48. The number of hydrogen-bond donors (Lipinski definition) is 1. The van der Waals surface area contributed by atoms with Gasteiger partial charge in [-0.3, -0.25) is 0 Å². The molecule has 17 heavy (non-hydrogen) atoms. The van der Waals surface area contributed by atoms with Crippen LogP contribution in [-0.2, 0) is 25.0 Å². The van der Waals surface area contributed by atoms with Gasteiger partial charge in [0.25, 0.3) is 0 Å². The smallest absolute Gasteiger partial charge is 0.122 e. The van der Waals surface area contributed by atoms with E-state index in [1.807, 2.05) is 18.2 Å². The molecule has 1 aromatic carbocycles. The summed E-state index contributed by atoms with van der Waals surface area (Å²) >= 11 is 0. The van der Waals surface area contributed by atoms with E-state index in [1.54, 1.807) is 17.9 Å². The quantitative estimate of drug-likeness (QED) is 0.835. The minimum absolute atomic E-state index is 0.625. The molecule has 5 heteroatoms. The van der Waals surface area contributed by atoms with E-state index < -0.39 is 6.10 Å². The summed E-state index contributed by atoms with van der Waals surface area (Å²) in [4.78, 5) is 0. The van der Waals surface area contributed by atoms with Crippen molar-refractivity contribution in [1.82, 2.24) is 15.0 Å². The van der Waals surface area contributed by atoms with Gasteiger partial charge >= 0.3 is 0 Å². The standard InChI is InChI=1S/C12H13N3O2/c1-15-11(5-13-14-15)12(16)8-2-3-9-6-17-7-10(9)4-8/h2-5,12,16H,6-7H2,1H3. The summed E-state index contributed by atoms with van der Waals surface area (Å²) in [5.41, 5.74) is 3.88. The monoisotopic (exact) mass is 231 g/mol. The Morgan fingerprint density at radius 3 is 2.94 bits per heavy atom. The van der Waals surface area contributed by atoms with Crippen LogP contribution >= 0.6 is 0 Å². The lowest BCUT2D eigenvalue weighted by Gasteiger charge is -2.11. The molecule has 88 valence electrons. The van der Waals surface area contributed by atoms with Gasteiger partial charge in [-0.15, -0.1) is 5.10 Å². The average molecular weight is 231 g/mol. The molecule has 2 heterocycles.